The molecule has 2 aromatic carbocycles. The van der Waals surface area contributed by atoms with Crippen LogP contribution in [0.2, 0.25) is 0 Å². The van der Waals surface area contributed by atoms with Crippen molar-refractivity contribution < 1.29 is 0 Å². The van der Waals surface area contributed by atoms with Crippen molar-refractivity contribution in [1.82, 2.24) is 0 Å². The number of hydrogen-bond donors (Lipinski definition) is 0. The molecule has 0 aliphatic heterocycles. The van der Waals surface area contributed by atoms with E-state index in [2.05, 4.69) is 91.8 Å². The van der Waals surface area contributed by atoms with E-state index >= 15 is 0 Å². The third-order valence-corrected chi connectivity index (χ3v) is 8.34. The summed E-state index contributed by atoms with van der Waals surface area (Å²) in [5.74, 6) is 2.16. The van der Waals surface area contributed by atoms with Gasteiger partial charge in [0.15, 0.2) is 0 Å². The zero-order valence-corrected chi connectivity index (χ0v) is 26.6. The van der Waals surface area contributed by atoms with Gasteiger partial charge in [-0.3, -0.25) is 0 Å². The highest BCUT2D eigenvalue weighted by molar-refractivity contribution is 7.80. The van der Waals surface area contributed by atoms with E-state index in [0.717, 1.165) is 25.7 Å². The van der Waals surface area contributed by atoms with Crippen molar-refractivity contribution in [3.05, 3.63) is 69.8 Å². The quantitative estimate of drug-likeness (QED) is 0.154. The van der Waals surface area contributed by atoms with E-state index in [1.807, 2.05) is 0 Å². The molecule has 0 nitrogen and oxygen atoms in total. The maximum Gasteiger partial charge on any atom is 0.00438 e. The number of hydrogen-bond acceptors (Lipinski definition) is 2. The molecule has 2 heteroatoms. The van der Waals surface area contributed by atoms with Gasteiger partial charge in [0.25, 0.3) is 0 Å². The Morgan fingerprint density at radius 2 is 0.757 bits per heavy atom. The second kappa shape index (κ2) is 15.9. The van der Waals surface area contributed by atoms with Gasteiger partial charge in [0, 0.05) is 12.8 Å². The van der Waals surface area contributed by atoms with Crippen LogP contribution in [0.15, 0.2) is 36.4 Å². The Bertz CT molecular complexity index is 876. The van der Waals surface area contributed by atoms with Crippen molar-refractivity contribution in [2.45, 2.75) is 137 Å². The Hall–Kier alpha value is -1.38. The number of rotatable bonds is 16. The van der Waals surface area contributed by atoms with Gasteiger partial charge in [0.1, 0.15) is 0 Å². The number of unbranched alkanes of at least 4 members (excludes halogenated alkanes) is 4. The fourth-order valence-electron chi connectivity index (χ4n) is 5.56. The van der Waals surface area contributed by atoms with Gasteiger partial charge >= 0.3 is 0 Å². The highest BCUT2D eigenvalue weighted by Gasteiger charge is 2.16. The monoisotopic (exact) mass is 536 g/mol. The van der Waals surface area contributed by atoms with Crippen LogP contribution >= 0.6 is 24.4 Å². The molecule has 0 saturated carbocycles. The van der Waals surface area contributed by atoms with Gasteiger partial charge in [0.2, 0.25) is 0 Å². The van der Waals surface area contributed by atoms with Crippen LogP contribution in [0.3, 0.4) is 0 Å². The van der Waals surface area contributed by atoms with Crippen LogP contribution < -0.4 is 0 Å². The summed E-state index contributed by atoms with van der Waals surface area (Å²) in [6.45, 7) is 18.4. The zero-order valence-electron chi connectivity index (χ0n) is 25.0. The molecule has 37 heavy (non-hydrogen) atoms. The second-order valence-corrected chi connectivity index (χ2v) is 13.3. The van der Waals surface area contributed by atoms with Crippen molar-refractivity contribution in [1.29, 1.82) is 0 Å². The highest BCUT2D eigenvalue weighted by Crippen LogP contribution is 2.30. The minimum Gasteiger partial charge on any atom is -0.0893 e. The summed E-state index contributed by atoms with van der Waals surface area (Å²) in [7, 11) is 0. The fourth-order valence-corrected chi connectivity index (χ4v) is 6.14. The Morgan fingerprint density at radius 3 is 1.03 bits per heavy atom. The summed E-state index contributed by atoms with van der Waals surface area (Å²) >= 11 is 11.7. The zero-order chi connectivity index (χ0) is 27.5. The molecule has 0 bridgehead atoms. The van der Waals surface area contributed by atoms with E-state index in [0.29, 0.717) is 23.7 Å². The Morgan fingerprint density at radius 1 is 0.486 bits per heavy atom. The predicted octanol–water partition coefficient (Wildman–Crippen LogP) is 11.4. The molecule has 2 rings (SSSR count). The van der Waals surface area contributed by atoms with Gasteiger partial charge in [-0.2, -0.15) is 0 Å². The largest absolute Gasteiger partial charge is 0.0893 e. The molecule has 0 N–H and O–H groups in total. The minimum absolute atomic E-state index is 0.540. The first-order chi connectivity index (χ1) is 17.5. The average molecular weight is 537 g/mol. The average Bonchev–Trinajstić information content (AvgIpc) is 2.83. The van der Waals surface area contributed by atoms with Gasteiger partial charge < -0.3 is 0 Å². The van der Waals surface area contributed by atoms with Gasteiger partial charge in [-0.05, 0) is 92.5 Å². The third-order valence-electron chi connectivity index (χ3n) is 7.64. The molecule has 0 aromatic heterocycles. The normalized spacial score (nSPS) is 11.8. The van der Waals surface area contributed by atoms with Crippen molar-refractivity contribution in [2.75, 3.05) is 0 Å². The first kappa shape index (κ1) is 31.8. The summed E-state index contributed by atoms with van der Waals surface area (Å²) in [6.07, 6.45) is 10.3. The van der Waals surface area contributed by atoms with Crippen molar-refractivity contribution in [2.24, 2.45) is 0 Å². The van der Waals surface area contributed by atoms with Gasteiger partial charge in [-0.15, -0.1) is 0 Å². The lowest BCUT2D eigenvalue weighted by atomic mass is 9.86. The van der Waals surface area contributed by atoms with E-state index in [9.17, 15) is 0 Å². The van der Waals surface area contributed by atoms with Crippen LogP contribution in [0, 0.1) is 0 Å². The molecule has 2 aromatic rings. The van der Waals surface area contributed by atoms with Crippen LogP contribution in [0.5, 0.6) is 0 Å². The molecule has 0 unspecified atom stereocenters. The van der Waals surface area contributed by atoms with Crippen LogP contribution in [-0.4, -0.2) is 9.73 Å². The lowest BCUT2D eigenvalue weighted by Crippen LogP contribution is -2.09. The predicted molar refractivity (Wildman–Crippen MR) is 174 cm³/mol. The SMILES string of the molecule is CC(C)c1cccc(C(C)C)c1CC(=S)CCCCCCCC(=S)Cc1c(C(C)C)cccc1C(C)C. The second-order valence-electron chi connectivity index (χ2n) is 12.1. The van der Waals surface area contributed by atoms with Crippen molar-refractivity contribution >= 4 is 34.2 Å². The van der Waals surface area contributed by atoms with Crippen molar-refractivity contribution in [3.63, 3.8) is 0 Å². The molecule has 0 fully saturated rings. The smallest absolute Gasteiger partial charge is 0.00438 e. The van der Waals surface area contributed by atoms with Gasteiger partial charge in [-0.25, -0.2) is 0 Å². The first-order valence-electron chi connectivity index (χ1n) is 14.8. The molecular formula is C35H52S2. The van der Waals surface area contributed by atoms with Crippen molar-refractivity contribution in [3.8, 4) is 0 Å². The maximum absolute atomic E-state index is 5.87. The molecule has 0 radical (unpaired) electrons. The Labute approximate surface area is 240 Å². The lowest BCUT2D eigenvalue weighted by molar-refractivity contribution is 0.632. The molecule has 0 heterocycles. The molecule has 0 aliphatic rings. The van der Waals surface area contributed by atoms with Gasteiger partial charge in [-0.1, -0.05) is 135 Å². The number of benzene rings is 2. The summed E-state index contributed by atoms with van der Waals surface area (Å²) in [4.78, 5) is 2.45. The fraction of sp³-hybridized carbons (Fsp3) is 0.600. The number of thiocarbonyl (C=S) groups is 2. The van der Waals surface area contributed by atoms with E-state index in [-0.39, 0.29) is 0 Å². The molecular weight excluding hydrogens is 485 g/mol. The molecule has 0 spiro atoms. The maximum atomic E-state index is 5.87. The summed E-state index contributed by atoms with van der Waals surface area (Å²) in [5.41, 5.74) is 8.88. The topological polar surface area (TPSA) is 0 Å². The highest BCUT2D eigenvalue weighted by atomic mass is 32.1. The first-order valence-corrected chi connectivity index (χ1v) is 15.6. The minimum atomic E-state index is 0.540. The van der Waals surface area contributed by atoms with Crippen LogP contribution in [0.25, 0.3) is 0 Å². The lowest BCUT2D eigenvalue weighted by Gasteiger charge is -2.20. The third kappa shape index (κ3) is 10.0. The van der Waals surface area contributed by atoms with Crippen LogP contribution in [-0.2, 0) is 12.8 Å². The van der Waals surface area contributed by atoms with E-state index in [1.54, 1.807) is 0 Å². The molecule has 0 amide bonds. The van der Waals surface area contributed by atoms with Crippen LogP contribution in [0.1, 0.15) is 157 Å². The van der Waals surface area contributed by atoms with E-state index in [1.165, 1.54) is 75.2 Å². The molecule has 204 valence electrons. The standard InChI is InChI=1S/C35H52S2/c1-24(2)30-18-14-19-31(25(3)4)34(30)22-28(36)16-12-10-9-11-13-17-29(37)23-35-32(26(5)6)20-15-21-33(35)27(7)8/h14-15,18-21,24-27H,9-13,16-17,22-23H2,1-8H3. The molecule has 0 atom stereocenters. The molecule has 0 saturated heterocycles. The van der Waals surface area contributed by atoms with Gasteiger partial charge in [0.05, 0.1) is 0 Å². The molecule has 0 aliphatic carbocycles. The Balaban J connectivity index is 1.76. The summed E-state index contributed by atoms with van der Waals surface area (Å²) < 4.78 is 0. The summed E-state index contributed by atoms with van der Waals surface area (Å²) in [6, 6.07) is 13.6. The Kier molecular flexibility index (Phi) is 13.7. The van der Waals surface area contributed by atoms with E-state index < -0.39 is 0 Å². The van der Waals surface area contributed by atoms with E-state index in [4.69, 9.17) is 24.4 Å². The van der Waals surface area contributed by atoms with Crippen LogP contribution in [0.4, 0.5) is 0 Å². The summed E-state index contributed by atoms with van der Waals surface area (Å²) in [5, 5.41) is 0.